The van der Waals surface area contributed by atoms with Crippen molar-refractivity contribution < 1.29 is 22.7 Å². The molecule has 3 unspecified atom stereocenters. The van der Waals surface area contributed by atoms with E-state index in [1.807, 2.05) is 6.08 Å². The molecule has 2 aromatic heterocycles. The van der Waals surface area contributed by atoms with Gasteiger partial charge in [-0.1, -0.05) is 25.5 Å². The van der Waals surface area contributed by atoms with Crippen LogP contribution < -0.4 is 10.6 Å². The zero-order valence-electron chi connectivity index (χ0n) is 19.6. The Morgan fingerprint density at radius 3 is 2.91 bits per heavy atom. The smallest absolute Gasteiger partial charge is 0.369 e. The Morgan fingerprint density at radius 2 is 2.20 bits per heavy atom. The van der Waals surface area contributed by atoms with E-state index in [0.29, 0.717) is 24.3 Å². The minimum Gasteiger partial charge on any atom is -0.369 e. The van der Waals surface area contributed by atoms with E-state index in [1.165, 1.54) is 6.92 Å². The van der Waals surface area contributed by atoms with Crippen molar-refractivity contribution in [2.75, 3.05) is 5.32 Å². The van der Waals surface area contributed by atoms with Gasteiger partial charge in [-0.3, -0.25) is 4.68 Å². The summed E-state index contributed by atoms with van der Waals surface area (Å²) < 4.78 is 57.3. The molecule has 3 atom stereocenters. The Hall–Kier alpha value is -3.14. The van der Waals surface area contributed by atoms with E-state index in [2.05, 4.69) is 20.7 Å². The standard InChI is InChI=1S/C25H29F4N5O/c1-3-6-15(25(27,28)29)13-18(19(26)4-2)21-14-22-20(7-5-12-34(22)33-21)32-23-16-8-11-31-24(35)17(16)9-10-30-23/h4,8-11,13-15,20,24,31,35H,3,5-7,12H2,1-2H3,(H,30,32)/b18-13+,19-4+. The van der Waals surface area contributed by atoms with E-state index >= 15 is 0 Å². The predicted molar refractivity (Wildman–Crippen MR) is 126 cm³/mol. The Labute approximate surface area is 201 Å². The topological polar surface area (TPSA) is 75.0 Å². The second kappa shape index (κ2) is 10.2. The number of allylic oxidation sites excluding steroid dienone is 4. The number of aryl methyl sites for hydroxylation is 1. The third-order valence-corrected chi connectivity index (χ3v) is 6.34. The van der Waals surface area contributed by atoms with Crippen molar-refractivity contribution in [2.45, 2.75) is 64.5 Å². The molecule has 0 radical (unpaired) electrons. The molecule has 10 heteroatoms. The molecule has 0 aliphatic carbocycles. The summed E-state index contributed by atoms with van der Waals surface area (Å²) in [5, 5.41) is 20.9. The lowest BCUT2D eigenvalue weighted by molar-refractivity contribution is -0.162. The van der Waals surface area contributed by atoms with Crippen LogP contribution in [0.2, 0.25) is 0 Å². The first-order valence-electron chi connectivity index (χ1n) is 11.8. The lowest BCUT2D eigenvalue weighted by atomic mass is 9.96. The number of aromatic nitrogens is 3. The van der Waals surface area contributed by atoms with Crippen LogP contribution in [-0.4, -0.2) is 26.0 Å². The lowest BCUT2D eigenvalue weighted by Gasteiger charge is -2.27. The summed E-state index contributed by atoms with van der Waals surface area (Å²) in [4.78, 5) is 4.43. The normalized spacial score (nSPS) is 21.2. The number of nitrogens with one attached hydrogen (secondary N) is 2. The van der Waals surface area contributed by atoms with Gasteiger partial charge in [0.25, 0.3) is 0 Å². The molecule has 4 rings (SSSR count). The molecule has 3 N–H and O–H groups in total. The molecule has 0 fully saturated rings. The van der Waals surface area contributed by atoms with E-state index in [-0.39, 0.29) is 23.7 Å². The third kappa shape index (κ3) is 5.27. The first-order valence-corrected chi connectivity index (χ1v) is 11.8. The Balaban J connectivity index is 1.69. The molecular formula is C25H29F4N5O. The van der Waals surface area contributed by atoms with Crippen molar-refractivity contribution in [2.24, 2.45) is 5.92 Å². The van der Waals surface area contributed by atoms with Gasteiger partial charge in [0.05, 0.1) is 23.3 Å². The molecule has 2 aliphatic rings. The van der Waals surface area contributed by atoms with Crippen molar-refractivity contribution in [1.29, 1.82) is 0 Å². The molecule has 0 saturated heterocycles. The molecule has 2 aromatic rings. The predicted octanol–water partition coefficient (Wildman–Crippen LogP) is 6.03. The molecule has 35 heavy (non-hydrogen) atoms. The molecule has 6 nitrogen and oxygen atoms in total. The summed E-state index contributed by atoms with van der Waals surface area (Å²) in [6.45, 7) is 3.70. The van der Waals surface area contributed by atoms with Crippen molar-refractivity contribution in [3.63, 3.8) is 0 Å². The first-order chi connectivity index (χ1) is 16.7. The Bertz CT molecular complexity index is 1150. The maximum atomic E-state index is 14.8. The van der Waals surface area contributed by atoms with Crippen LogP contribution in [0.15, 0.2) is 42.5 Å². The van der Waals surface area contributed by atoms with Crippen LogP contribution in [0.3, 0.4) is 0 Å². The molecular weight excluding hydrogens is 462 g/mol. The van der Waals surface area contributed by atoms with Gasteiger partial charge < -0.3 is 15.7 Å². The lowest BCUT2D eigenvalue weighted by Crippen LogP contribution is -2.24. The maximum Gasteiger partial charge on any atom is 0.395 e. The third-order valence-electron chi connectivity index (χ3n) is 6.34. The highest BCUT2D eigenvalue weighted by atomic mass is 19.4. The van der Waals surface area contributed by atoms with E-state index in [1.54, 1.807) is 36.1 Å². The molecule has 0 spiro atoms. The van der Waals surface area contributed by atoms with Gasteiger partial charge in [0.2, 0.25) is 0 Å². The number of fused-ring (bicyclic) bond motifs is 2. The maximum absolute atomic E-state index is 14.8. The van der Waals surface area contributed by atoms with Crippen LogP contribution in [0.4, 0.5) is 23.4 Å². The molecule has 2 aliphatic heterocycles. The Morgan fingerprint density at radius 1 is 1.40 bits per heavy atom. The number of alkyl halides is 3. The SMILES string of the molecule is C/C=C(F)\C(=C/C(CCC)C(F)(F)F)c1cc2n(n1)CCCC2Nc1nccc2c1C=CNC2O. The number of hydrogen-bond donors (Lipinski definition) is 3. The van der Waals surface area contributed by atoms with Crippen LogP contribution in [0, 0.1) is 5.92 Å². The number of rotatable bonds is 7. The fourth-order valence-corrected chi connectivity index (χ4v) is 4.55. The number of pyridine rings is 1. The van der Waals surface area contributed by atoms with Gasteiger partial charge in [0.1, 0.15) is 11.6 Å². The number of aliphatic hydroxyl groups is 1. The summed E-state index contributed by atoms with van der Waals surface area (Å²) in [6, 6.07) is 3.16. The average Bonchev–Trinajstić information content (AvgIpc) is 3.26. The van der Waals surface area contributed by atoms with Crippen molar-refractivity contribution in [1.82, 2.24) is 20.1 Å². The number of hydrogen-bond acceptors (Lipinski definition) is 5. The fraction of sp³-hybridized carbons (Fsp3) is 0.440. The molecule has 0 aromatic carbocycles. The van der Waals surface area contributed by atoms with Crippen LogP contribution in [-0.2, 0) is 6.54 Å². The summed E-state index contributed by atoms with van der Waals surface area (Å²) in [7, 11) is 0. The van der Waals surface area contributed by atoms with E-state index < -0.39 is 24.1 Å². The molecule has 0 bridgehead atoms. The Kier molecular flexibility index (Phi) is 7.30. The summed E-state index contributed by atoms with van der Waals surface area (Å²) >= 11 is 0. The minimum absolute atomic E-state index is 0.124. The quantitative estimate of drug-likeness (QED) is 0.326. The van der Waals surface area contributed by atoms with Gasteiger partial charge in [-0.25, -0.2) is 9.37 Å². The fourth-order valence-electron chi connectivity index (χ4n) is 4.55. The monoisotopic (exact) mass is 491 g/mol. The highest BCUT2D eigenvalue weighted by Crippen LogP contribution is 2.38. The number of nitrogens with zero attached hydrogens (tertiary/aromatic N) is 3. The summed E-state index contributed by atoms with van der Waals surface area (Å²) in [5.74, 6) is -1.91. The van der Waals surface area contributed by atoms with Crippen LogP contribution in [0.25, 0.3) is 11.6 Å². The largest absolute Gasteiger partial charge is 0.395 e. The minimum atomic E-state index is -4.47. The van der Waals surface area contributed by atoms with Crippen LogP contribution >= 0.6 is 0 Å². The van der Waals surface area contributed by atoms with E-state index in [9.17, 15) is 22.7 Å². The van der Waals surface area contributed by atoms with Gasteiger partial charge in [-0.2, -0.15) is 18.3 Å². The van der Waals surface area contributed by atoms with Gasteiger partial charge in [0, 0.05) is 29.4 Å². The van der Waals surface area contributed by atoms with E-state index in [4.69, 9.17) is 0 Å². The second-order valence-electron chi connectivity index (χ2n) is 8.74. The van der Waals surface area contributed by atoms with Crippen molar-refractivity contribution >= 4 is 17.5 Å². The highest BCUT2D eigenvalue weighted by Gasteiger charge is 2.38. The molecule has 0 amide bonds. The van der Waals surface area contributed by atoms with Crippen LogP contribution in [0.5, 0.6) is 0 Å². The van der Waals surface area contributed by atoms with Gasteiger partial charge in [-0.15, -0.1) is 0 Å². The van der Waals surface area contributed by atoms with Crippen molar-refractivity contribution in [3.05, 3.63) is 65.0 Å². The zero-order chi connectivity index (χ0) is 25.2. The first kappa shape index (κ1) is 25.0. The molecule has 4 heterocycles. The van der Waals surface area contributed by atoms with Gasteiger partial charge in [-0.05, 0) is 50.6 Å². The summed E-state index contributed by atoms with van der Waals surface area (Å²) in [6.07, 6.45) is 3.60. The van der Waals surface area contributed by atoms with Gasteiger partial charge >= 0.3 is 6.18 Å². The molecule has 188 valence electrons. The number of anilines is 1. The number of halogens is 4. The van der Waals surface area contributed by atoms with Crippen molar-refractivity contribution in [3.8, 4) is 0 Å². The zero-order valence-corrected chi connectivity index (χ0v) is 19.6. The average molecular weight is 492 g/mol. The highest BCUT2D eigenvalue weighted by molar-refractivity contribution is 5.75. The number of aliphatic hydroxyl groups excluding tert-OH is 1. The van der Waals surface area contributed by atoms with Crippen LogP contribution in [0.1, 0.15) is 74.3 Å². The summed E-state index contributed by atoms with van der Waals surface area (Å²) in [5.41, 5.74) is 2.22. The second-order valence-corrected chi connectivity index (χ2v) is 8.74. The van der Waals surface area contributed by atoms with Gasteiger partial charge in [0.15, 0.2) is 6.23 Å². The van der Waals surface area contributed by atoms with E-state index in [0.717, 1.165) is 36.3 Å². The molecule has 0 saturated carbocycles.